The van der Waals surface area contributed by atoms with Gasteiger partial charge in [-0.25, -0.2) is 0 Å². The zero-order valence-corrected chi connectivity index (χ0v) is 30.4. The van der Waals surface area contributed by atoms with Crippen molar-refractivity contribution in [2.45, 2.75) is 0 Å². The Morgan fingerprint density at radius 1 is 0.250 bits per heavy atom. The average Bonchev–Trinajstić information content (AvgIpc) is 3.90. The standard InChI is InChI=1S/C54H32N2/c1-3-16-40-33(11-1)23-26-50-53(40)54-41-17-4-2-12-34(41)24-27-51(54)56(50)39-25-28-49-46(32-39)44-20-7-8-22-48(44)55(49)38-15-9-13-35(30-38)37-29-36-14-10-21-45-42-18-5-6-19-43(42)47(31-37)52(36)45/h1-32H. The Balaban J connectivity index is 1.03. The quantitative estimate of drug-likeness (QED) is 0.173. The van der Waals surface area contributed by atoms with E-state index in [1.807, 2.05) is 0 Å². The van der Waals surface area contributed by atoms with Crippen LogP contribution < -0.4 is 0 Å². The lowest BCUT2D eigenvalue weighted by molar-refractivity contribution is 1.17. The number of hydrogen-bond donors (Lipinski definition) is 0. The Morgan fingerprint density at radius 3 is 1.57 bits per heavy atom. The molecule has 0 saturated carbocycles. The van der Waals surface area contributed by atoms with Gasteiger partial charge in [0.2, 0.25) is 0 Å². The summed E-state index contributed by atoms with van der Waals surface area (Å²) in [4.78, 5) is 0. The van der Waals surface area contributed by atoms with E-state index < -0.39 is 0 Å². The zero-order valence-electron chi connectivity index (χ0n) is 30.4. The maximum atomic E-state index is 2.48. The number of benzene rings is 10. The molecule has 0 fully saturated rings. The van der Waals surface area contributed by atoms with E-state index in [-0.39, 0.29) is 0 Å². The summed E-state index contributed by atoms with van der Waals surface area (Å²) >= 11 is 0. The first-order valence-electron chi connectivity index (χ1n) is 19.4. The van der Waals surface area contributed by atoms with E-state index in [2.05, 4.69) is 203 Å². The van der Waals surface area contributed by atoms with Crippen LogP contribution in [-0.4, -0.2) is 9.13 Å². The summed E-state index contributed by atoms with van der Waals surface area (Å²) in [6, 6.07) is 72.0. The van der Waals surface area contributed by atoms with E-state index >= 15 is 0 Å². The highest BCUT2D eigenvalue weighted by Crippen LogP contribution is 2.49. The molecule has 0 amide bonds. The van der Waals surface area contributed by atoms with Crippen molar-refractivity contribution >= 4 is 75.9 Å². The van der Waals surface area contributed by atoms with Crippen LogP contribution in [0.4, 0.5) is 0 Å². The smallest absolute Gasteiger partial charge is 0.0547 e. The van der Waals surface area contributed by atoms with Crippen molar-refractivity contribution in [3.05, 3.63) is 194 Å². The van der Waals surface area contributed by atoms with Gasteiger partial charge < -0.3 is 9.13 Å². The molecule has 258 valence electrons. The number of aromatic nitrogens is 2. The van der Waals surface area contributed by atoms with Crippen LogP contribution >= 0.6 is 0 Å². The van der Waals surface area contributed by atoms with Gasteiger partial charge in [0, 0.05) is 32.9 Å². The van der Waals surface area contributed by atoms with Gasteiger partial charge in [-0.05, 0) is 126 Å². The first-order chi connectivity index (χ1) is 27.8. The minimum Gasteiger partial charge on any atom is -0.309 e. The first kappa shape index (κ1) is 30.0. The molecule has 0 atom stereocenters. The summed E-state index contributed by atoms with van der Waals surface area (Å²) < 4.78 is 4.92. The van der Waals surface area contributed by atoms with Crippen LogP contribution in [0.25, 0.3) is 121 Å². The SMILES string of the molecule is c1cc(-c2cc3c4c(cccc4c2)-c2ccccc2-3)cc(-n2c3ccccc3c3cc(-n4c5ccc6ccccc6c5c5c6ccccc6ccc54)ccc32)c1. The van der Waals surface area contributed by atoms with E-state index in [9.17, 15) is 0 Å². The van der Waals surface area contributed by atoms with Crippen LogP contribution in [0.1, 0.15) is 0 Å². The molecule has 1 aliphatic rings. The minimum absolute atomic E-state index is 1.15. The molecule has 2 aromatic heterocycles. The molecule has 56 heavy (non-hydrogen) atoms. The van der Waals surface area contributed by atoms with E-state index in [0.717, 1.165) is 11.4 Å². The van der Waals surface area contributed by atoms with E-state index in [4.69, 9.17) is 0 Å². The van der Waals surface area contributed by atoms with Crippen molar-refractivity contribution < 1.29 is 0 Å². The fourth-order valence-corrected chi connectivity index (χ4v) is 10.0. The van der Waals surface area contributed by atoms with E-state index in [1.165, 1.54) is 109 Å². The average molecular weight is 709 g/mol. The van der Waals surface area contributed by atoms with Crippen LogP contribution in [0.2, 0.25) is 0 Å². The normalized spacial score (nSPS) is 12.3. The van der Waals surface area contributed by atoms with Crippen molar-refractivity contribution in [1.82, 2.24) is 9.13 Å². The minimum atomic E-state index is 1.15. The summed E-state index contributed by atoms with van der Waals surface area (Å²) in [5.41, 5.74) is 14.9. The van der Waals surface area contributed by atoms with E-state index in [1.54, 1.807) is 0 Å². The third-order valence-corrected chi connectivity index (χ3v) is 12.4. The van der Waals surface area contributed by atoms with Gasteiger partial charge in [-0.3, -0.25) is 0 Å². The van der Waals surface area contributed by atoms with Crippen LogP contribution in [0, 0.1) is 0 Å². The highest BCUT2D eigenvalue weighted by atomic mass is 15.0. The molecule has 0 bridgehead atoms. The van der Waals surface area contributed by atoms with Gasteiger partial charge in [0.1, 0.15) is 0 Å². The highest BCUT2D eigenvalue weighted by Gasteiger charge is 2.23. The van der Waals surface area contributed by atoms with Crippen molar-refractivity contribution in [2.24, 2.45) is 0 Å². The molecule has 2 nitrogen and oxygen atoms in total. The zero-order chi connectivity index (χ0) is 36.5. The van der Waals surface area contributed by atoms with Gasteiger partial charge in [-0.1, -0.05) is 133 Å². The fraction of sp³-hybridized carbons (Fsp3) is 0. The van der Waals surface area contributed by atoms with Gasteiger partial charge >= 0.3 is 0 Å². The predicted molar refractivity (Wildman–Crippen MR) is 238 cm³/mol. The van der Waals surface area contributed by atoms with Gasteiger partial charge in [-0.15, -0.1) is 0 Å². The number of para-hydroxylation sites is 1. The summed E-state index contributed by atoms with van der Waals surface area (Å²) in [5.74, 6) is 0. The third-order valence-electron chi connectivity index (χ3n) is 12.4. The maximum Gasteiger partial charge on any atom is 0.0547 e. The van der Waals surface area contributed by atoms with Crippen molar-refractivity contribution in [3.63, 3.8) is 0 Å². The Kier molecular flexibility index (Phi) is 5.92. The van der Waals surface area contributed by atoms with E-state index in [0.29, 0.717) is 0 Å². The summed E-state index contributed by atoms with van der Waals surface area (Å²) in [6.07, 6.45) is 0. The summed E-state index contributed by atoms with van der Waals surface area (Å²) in [6.45, 7) is 0. The summed E-state index contributed by atoms with van der Waals surface area (Å²) in [5, 5.41) is 12.8. The first-order valence-corrected chi connectivity index (χ1v) is 19.4. The lowest BCUT2D eigenvalue weighted by Gasteiger charge is -2.13. The molecule has 0 unspecified atom stereocenters. The maximum absolute atomic E-state index is 2.48. The number of hydrogen-bond acceptors (Lipinski definition) is 0. The topological polar surface area (TPSA) is 9.86 Å². The van der Waals surface area contributed by atoms with Crippen LogP contribution in [0.5, 0.6) is 0 Å². The van der Waals surface area contributed by atoms with Crippen LogP contribution in [-0.2, 0) is 0 Å². The number of fused-ring (bicyclic) bond motifs is 13. The molecule has 12 aromatic rings. The van der Waals surface area contributed by atoms with Crippen LogP contribution in [0.3, 0.4) is 0 Å². The second kappa shape index (κ2) is 11.1. The third kappa shape index (κ3) is 4.00. The molecule has 1 aliphatic carbocycles. The predicted octanol–water partition coefficient (Wildman–Crippen LogP) is 14.7. The monoisotopic (exact) mass is 708 g/mol. The highest BCUT2D eigenvalue weighted by molar-refractivity contribution is 6.28. The Hall–Kier alpha value is -7.42. The second-order valence-corrected chi connectivity index (χ2v) is 15.3. The Bertz CT molecular complexity index is 3560. The number of nitrogens with zero attached hydrogens (tertiary/aromatic N) is 2. The molecule has 0 radical (unpaired) electrons. The van der Waals surface area contributed by atoms with Crippen LogP contribution in [0.15, 0.2) is 194 Å². The van der Waals surface area contributed by atoms with Crippen molar-refractivity contribution in [2.75, 3.05) is 0 Å². The van der Waals surface area contributed by atoms with Gasteiger partial charge in [0.15, 0.2) is 0 Å². The molecular weight excluding hydrogens is 677 g/mol. The molecule has 0 aliphatic heterocycles. The Labute approximate surface area is 322 Å². The molecule has 10 aromatic carbocycles. The van der Waals surface area contributed by atoms with Crippen molar-refractivity contribution in [1.29, 1.82) is 0 Å². The largest absolute Gasteiger partial charge is 0.309 e. The molecule has 0 saturated heterocycles. The molecule has 2 heteroatoms. The Morgan fingerprint density at radius 2 is 0.804 bits per heavy atom. The number of rotatable bonds is 3. The molecule has 0 N–H and O–H groups in total. The lowest BCUT2D eigenvalue weighted by Crippen LogP contribution is -1.96. The van der Waals surface area contributed by atoms with Gasteiger partial charge in [0.05, 0.1) is 22.1 Å². The molecule has 2 heterocycles. The second-order valence-electron chi connectivity index (χ2n) is 15.3. The molecule has 13 rings (SSSR count). The lowest BCUT2D eigenvalue weighted by atomic mass is 9.96. The summed E-state index contributed by atoms with van der Waals surface area (Å²) in [7, 11) is 0. The van der Waals surface area contributed by atoms with Gasteiger partial charge in [-0.2, -0.15) is 0 Å². The fourth-order valence-electron chi connectivity index (χ4n) is 10.0. The van der Waals surface area contributed by atoms with Gasteiger partial charge in [0.25, 0.3) is 0 Å². The molecule has 0 spiro atoms. The van der Waals surface area contributed by atoms with Crippen molar-refractivity contribution in [3.8, 4) is 44.8 Å². The molecular formula is C54H32N2.